The van der Waals surface area contributed by atoms with Gasteiger partial charge in [0.1, 0.15) is 0 Å². The van der Waals surface area contributed by atoms with Crippen LogP contribution in [0.1, 0.15) is 51.4 Å². The number of aliphatic hydroxyl groups is 4. The van der Waals surface area contributed by atoms with E-state index in [1.165, 1.54) is 0 Å². The predicted octanol–water partition coefficient (Wildman–Crippen LogP) is -1.72. The molecule has 0 aromatic carbocycles. The van der Waals surface area contributed by atoms with Gasteiger partial charge in [-0.2, -0.15) is 0 Å². The van der Waals surface area contributed by atoms with Gasteiger partial charge in [-0.25, -0.2) is 9.59 Å². The Hall–Kier alpha value is -3.34. The highest BCUT2D eigenvalue weighted by molar-refractivity contribution is 5.83. The van der Waals surface area contributed by atoms with Crippen molar-refractivity contribution in [2.45, 2.75) is 63.6 Å². The number of aliphatic carboxylic acids is 6. The molecular weight excluding hydrogens is 472 g/mol. The van der Waals surface area contributed by atoms with Crippen LogP contribution in [-0.4, -0.2) is 112 Å². The average molecular weight is 504 g/mol. The lowest BCUT2D eigenvalue weighted by Gasteiger charge is -2.07. The molecule has 0 aliphatic heterocycles. The molecule has 0 rings (SSSR count). The maximum atomic E-state index is 9.90. The van der Waals surface area contributed by atoms with Crippen LogP contribution in [0.15, 0.2) is 0 Å². The van der Waals surface area contributed by atoms with Crippen LogP contribution in [0.4, 0.5) is 0 Å². The Morgan fingerprint density at radius 3 is 0.824 bits per heavy atom. The zero-order valence-electron chi connectivity index (χ0n) is 18.1. The van der Waals surface area contributed by atoms with E-state index in [9.17, 15) is 28.8 Å². The molecule has 0 radical (unpaired) electrons. The second-order valence-electron chi connectivity index (χ2n) is 6.00. The SMILES string of the molecule is O=C(O)C(O)C(O)C(=O)O.O=C(O)CCC(=O)O.O=C(O)CCCCC(=O)O.OCCCCO. The van der Waals surface area contributed by atoms with Crippen molar-refractivity contribution < 1.29 is 79.8 Å². The largest absolute Gasteiger partial charge is 0.481 e. The summed E-state index contributed by atoms with van der Waals surface area (Å²) in [5.41, 5.74) is 0. The molecule has 0 spiro atoms. The summed E-state index contributed by atoms with van der Waals surface area (Å²) < 4.78 is 0. The van der Waals surface area contributed by atoms with E-state index in [2.05, 4.69) is 0 Å². The number of rotatable bonds is 14. The van der Waals surface area contributed by atoms with E-state index < -0.39 is 48.0 Å². The molecule has 0 aromatic rings. The lowest BCUT2D eigenvalue weighted by molar-refractivity contribution is -0.165. The molecule has 2 unspecified atom stereocenters. The molecular formula is C18H32O16. The number of aliphatic hydroxyl groups excluding tert-OH is 4. The molecule has 34 heavy (non-hydrogen) atoms. The number of carbonyl (C=O) groups is 6. The number of hydrogen-bond acceptors (Lipinski definition) is 10. The first-order valence-corrected chi connectivity index (χ1v) is 9.54. The summed E-state index contributed by atoms with van der Waals surface area (Å²) >= 11 is 0. The van der Waals surface area contributed by atoms with Crippen molar-refractivity contribution in [3.8, 4) is 0 Å². The Balaban J connectivity index is -0.000000180. The molecule has 0 aromatic heterocycles. The van der Waals surface area contributed by atoms with Crippen LogP contribution >= 0.6 is 0 Å². The van der Waals surface area contributed by atoms with Gasteiger partial charge in [0.25, 0.3) is 0 Å². The van der Waals surface area contributed by atoms with Crippen molar-refractivity contribution >= 4 is 35.8 Å². The Kier molecular flexibility index (Phi) is 28.9. The zero-order chi connectivity index (χ0) is 27.7. The topological polar surface area (TPSA) is 305 Å². The highest BCUT2D eigenvalue weighted by Gasteiger charge is 2.29. The first-order valence-electron chi connectivity index (χ1n) is 9.54. The third-order valence-electron chi connectivity index (χ3n) is 2.96. The van der Waals surface area contributed by atoms with Crippen LogP contribution in [0.3, 0.4) is 0 Å². The van der Waals surface area contributed by atoms with Crippen molar-refractivity contribution in [3.63, 3.8) is 0 Å². The number of carboxylic acids is 6. The lowest BCUT2D eigenvalue weighted by Crippen LogP contribution is -2.39. The fraction of sp³-hybridized carbons (Fsp3) is 0.667. The van der Waals surface area contributed by atoms with E-state index in [1.807, 2.05) is 0 Å². The maximum Gasteiger partial charge on any atom is 0.335 e. The molecule has 0 aliphatic carbocycles. The molecule has 0 aliphatic rings. The van der Waals surface area contributed by atoms with Gasteiger partial charge in [-0.1, -0.05) is 0 Å². The average Bonchev–Trinajstić information content (AvgIpc) is 2.73. The highest BCUT2D eigenvalue weighted by Crippen LogP contribution is 1.98. The maximum absolute atomic E-state index is 9.90. The van der Waals surface area contributed by atoms with E-state index in [0.29, 0.717) is 12.8 Å². The Morgan fingerprint density at radius 2 is 0.676 bits per heavy atom. The Bertz CT molecular complexity index is 551. The molecule has 16 nitrogen and oxygen atoms in total. The van der Waals surface area contributed by atoms with Crippen molar-refractivity contribution in [3.05, 3.63) is 0 Å². The van der Waals surface area contributed by atoms with Gasteiger partial charge in [0.2, 0.25) is 0 Å². The van der Waals surface area contributed by atoms with Gasteiger partial charge in [-0.15, -0.1) is 0 Å². The predicted molar refractivity (Wildman–Crippen MR) is 109 cm³/mol. The smallest absolute Gasteiger partial charge is 0.335 e. The molecule has 2 atom stereocenters. The van der Waals surface area contributed by atoms with Crippen LogP contribution in [0.5, 0.6) is 0 Å². The summed E-state index contributed by atoms with van der Waals surface area (Å²) in [6, 6.07) is 0. The Morgan fingerprint density at radius 1 is 0.441 bits per heavy atom. The fourth-order valence-corrected chi connectivity index (χ4v) is 1.26. The van der Waals surface area contributed by atoms with Gasteiger partial charge in [0.15, 0.2) is 12.2 Å². The summed E-state index contributed by atoms with van der Waals surface area (Å²) in [6.45, 7) is 0.390. The molecule has 0 saturated heterocycles. The van der Waals surface area contributed by atoms with Crippen LogP contribution in [0.25, 0.3) is 0 Å². The summed E-state index contributed by atoms with van der Waals surface area (Å²) in [4.78, 5) is 58.6. The molecule has 16 heteroatoms. The van der Waals surface area contributed by atoms with Crippen LogP contribution in [0.2, 0.25) is 0 Å². The normalized spacial score (nSPS) is 10.9. The molecule has 0 heterocycles. The second kappa shape index (κ2) is 25.9. The molecule has 0 amide bonds. The standard InChI is InChI=1S/C6H10O4.C4H6O6.C4H6O4.C4H10O2/c7-5(8)3-1-2-4-6(9)10;5-1(3(7)8)2(6)4(9)10;5-3(6)1-2-4(7)8;5-3-1-2-4-6/h1-4H2,(H,7,8)(H,9,10);1-2,5-6H,(H,7,8)(H,9,10);1-2H2,(H,5,6)(H,7,8);5-6H,1-4H2. The van der Waals surface area contributed by atoms with E-state index >= 15 is 0 Å². The fourth-order valence-electron chi connectivity index (χ4n) is 1.26. The summed E-state index contributed by atoms with van der Waals surface area (Å²) in [7, 11) is 0. The minimum Gasteiger partial charge on any atom is -0.481 e. The van der Waals surface area contributed by atoms with E-state index in [1.54, 1.807) is 0 Å². The molecule has 200 valence electrons. The minimum atomic E-state index is -2.27. The molecule has 0 saturated carbocycles. The minimum absolute atomic E-state index is 0.0628. The van der Waals surface area contributed by atoms with Crippen molar-refractivity contribution in [1.29, 1.82) is 0 Å². The summed E-state index contributed by atoms with van der Waals surface area (Å²) in [5, 5.41) is 80.8. The molecule has 10 N–H and O–H groups in total. The first-order chi connectivity index (χ1) is 15.6. The molecule has 0 fully saturated rings. The number of carboxylic acid groups (broad SMARTS) is 6. The van der Waals surface area contributed by atoms with Crippen LogP contribution in [-0.2, 0) is 28.8 Å². The van der Waals surface area contributed by atoms with Crippen molar-refractivity contribution in [2.24, 2.45) is 0 Å². The van der Waals surface area contributed by atoms with Gasteiger partial charge in [-0.05, 0) is 25.7 Å². The van der Waals surface area contributed by atoms with E-state index in [-0.39, 0.29) is 38.9 Å². The summed E-state index contributed by atoms with van der Waals surface area (Å²) in [6.07, 6.45) is -2.67. The number of hydrogen-bond donors (Lipinski definition) is 10. The van der Waals surface area contributed by atoms with Gasteiger partial charge < -0.3 is 51.1 Å². The lowest BCUT2D eigenvalue weighted by atomic mass is 10.2. The van der Waals surface area contributed by atoms with E-state index in [4.69, 9.17) is 51.1 Å². The highest BCUT2D eigenvalue weighted by atomic mass is 16.4. The van der Waals surface area contributed by atoms with Crippen molar-refractivity contribution in [1.82, 2.24) is 0 Å². The van der Waals surface area contributed by atoms with Crippen molar-refractivity contribution in [2.75, 3.05) is 13.2 Å². The molecule has 0 bridgehead atoms. The quantitative estimate of drug-likeness (QED) is 0.118. The van der Waals surface area contributed by atoms with Crippen LogP contribution in [0, 0.1) is 0 Å². The van der Waals surface area contributed by atoms with Gasteiger partial charge in [0.05, 0.1) is 12.8 Å². The van der Waals surface area contributed by atoms with Gasteiger partial charge in [-0.3, -0.25) is 19.2 Å². The third kappa shape index (κ3) is 39.2. The Labute approximate surface area is 193 Å². The summed E-state index contributed by atoms with van der Waals surface area (Å²) in [5.74, 6) is -7.43. The monoisotopic (exact) mass is 504 g/mol. The second-order valence-corrected chi connectivity index (χ2v) is 6.00. The van der Waals surface area contributed by atoms with Gasteiger partial charge in [0, 0.05) is 26.1 Å². The third-order valence-corrected chi connectivity index (χ3v) is 2.96. The zero-order valence-corrected chi connectivity index (χ0v) is 18.1. The van der Waals surface area contributed by atoms with Crippen LogP contribution < -0.4 is 0 Å². The van der Waals surface area contributed by atoms with E-state index in [0.717, 1.165) is 12.8 Å². The number of unbranched alkanes of at least 4 members (excludes halogenated alkanes) is 2. The van der Waals surface area contributed by atoms with Gasteiger partial charge >= 0.3 is 35.8 Å². The first kappa shape index (κ1) is 37.9.